The second-order valence-corrected chi connectivity index (χ2v) is 9.94. The van der Waals surface area contributed by atoms with E-state index in [1.807, 2.05) is 12.3 Å². The summed E-state index contributed by atoms with van der Waals surface area (Å²) in [7, 11) is -1.06. The van der Waals surface area contributed by atoms with E-state index in [9.17, 15) is 0 Å². The molecule has 0 N–H and O–H groups in total. The molecule has 0 aliphatic carbocycles. The summed E-state index contributed by atoms with van der Waals surface area (Å²) in [5.41, 5.74) is 1.90. The van der Waals surface area contributed by atoms with Gasteiger partial charge in [0.25, 0.3) is 0 Å². The highest BCUT2D eigenvalue weighted by Gasteiger charge is 2.24. The zero-order valence-corrected chi connectivity index (χ0v) is 9.33. The van der Waals surface area contributed by atoms with Gasteiger partial charge < -0.3 is 0 Å². The maximum Gasteiger partial charge on any atom is 0.0538 e. The van der Waals surface area contributed by atoms with Crippen LogP contribution in [0, 0.1) is 0 Å². The van der Waals surface area contributed by atoms with E-state index in [0.717, 1.165) is 0 Å². The SMILES string of the molecule is CC(c1ccccn1)[Si](C)(C)C. The third kappa shape index (κ3) is 2.17. The molecule has 0 radical (unpaired) electrons. The predicted octanol–water partition coefficient (Wildman–Crippen LogP) is 3.06. The maximum atomic E-state index is 4.38. The highest BCUT2D eigenvalue weighted by Crippen LogP contribution is 2.23. The molecule has 1 atom stereocenters. The number of rotatable bonds is 2. The van der Waals surface area contributed by atoms with Crippen molar-refractivity contribution in [1.29, 1.82) is 0 Å². The summed E-state index contributed by atoms with van der Waals surface area (Å²) in [6.07, 6.45) is 1.88. The third-order valence-electron chi connectivity index (χ3n) is 2.43. The minimum absolute atomic E-state index is 0.652. The summed E-state index contributed by atoms with van der Waals surface area (Å²) >= 11 is 0. The van der Waals surface area contributed by atoms with E-state index in [1.165, 1.54) is 5.69 Å². The highest BCUT2D eigenvalue weighted by molar-refractivity contribution is 6.77. The number of nitrogens with zero attached hydrogens (tertiary/aromatic N) is 1. The zero-order chi connectivity index (χ0) is 9.19. The number of pyridine rings is 1. The van der Waals surface area contributed by atoms with Crippen LogP contribution in [0.15, 0.2) is 24.4 Å². The molecule has 0 fully saturated rings. The molecule has 1 aromatic heterocycles. The molecule has 0 saturated heterocycles. The Balaban J connectivity index is 2.86. The Bertz CT molecular complexity index is 238. The van der Waals surface area contributed by atoms with Gasteiger partial charge in [-0.25, -0.2) is 0 Å². The average Bonchev–Trinajstić information content (AvgIpc) is 2.03. The summed E-state index contributed by atoms with van der Waals surface area (Å²) in [5.74, 6) is 0. The maximum absolute atomic E-state index is 4.38. The van der Waals surface area contributed by atoms with E-state index >= 15 is 0 Å². The molecular formula is C10H17NSi. The Hall–Kier alpha value is -0.633. The van der Waals surface area contributed by atoms with Gasteiger partial charge in [0, 0.05) is 11.9 Å². The Kier molecular flexibility index (Phi) is 2.68. The van der Waals surface area contributed by atoms with Crippen LogP contribution in [-0.2, 0) is 0 Å². The lowest BCUT2D eigenvalue weighted by molar-refractivity contribution is 0.949. The molecule has 12 heavy (non-hydrogen) atoms. The van der Waals surface area contributed by atoms with Crippen molar-refractivity contribution >= 4 is 8.07 Å². The van der Waals surface area contributed by atoms with Crippen molar-refractivity contribution in [2.75, 3.05) is 0 Å². The van der Waals surface area contributed by atoms with Crippen molar-refractivity contribution in [3.63, 3.8) is 0 Å². The minimum Gasteiger partial charge on any atom is -0.261 e. The van der Waals surface area contributed by atoms with Crippen molar-refractivity contribution in [2.24, 2.45) is 0 Å². The fraction of sp³-hybridized carbons (Fsp3) is 0.500. The molecule has 2 heteroatoms. The summed E-state index contributed by atoms with van der Waals surface area (Å²) in [5, 5.41) is 0. The molecule has 0 aromatic carbocycles. The molecule has 1 nitrogen and oxygen atoms in total. The number of hydrogen-bond donors (Lipinski definition) is 0. The molecule has 0 bridgehead atoms. The van der Waals surface area contributed by atoms with Crippen LogP contribution < -0.4 is 0 Å². The molecule has 1 heterocycles. The molecule has 0 amide bonds. The first-order chi connectivity index (χ1) is 5.52. The molecule has 1 unspecified atom stereocenters. The van der Waals surface area contributed by atoms with Gasteiger partial charge in [-0.1, -0.05) is 32.6 Å². The summed E-state index contributed by atoms with van der Waals surface area (Å²) in [6.45, 7) is 9.43. The minimum atomic E-state index is -1.06. The fourth-order valence-electron chi connectivity index (χ4n) is 1.08. The molecule has 0 saturated carbocycles. The van der Waals surface area contributed by atoms with E-state index < -0.39 is 8.07 Å². The Morgan fingerprint density at radius 1 is 1.25 bits per heavy atom. The Morgan fingerprint density at radius 2 is 1.92 bits per heavy atom. The summed E-state index contributed by atoms with van der Waals surface area (Å²) < 4.78 is 0. The van der Waals surface area contributed by atoms with Crippen LogP contribution in [0.4, 0.5) is 0 Å². The number of hydrogen-bond acceptors (Lipinski definition) is 1. The van der Waals surface area contributed by atoms with Gasteiger partial charge in [0.05, 0.1) is 8.07 Å². The lowest BCUT2D eigenvalue weighted by Gasteiger charge is -2.24. The molecule has 66 valence electrons. The van der Waals surface area contributed by atoms with E-state index in [-0.39, 0.29) is 0 Å². The monoisotopic (exact) mass is 179 g/mol. The van der Waals surface area contributed by atoms with Crippen molar-refractivity contribution in [1.82, 2.24) is 4.98 Å². The van der Waals surface area contributed by atoms with Gasteiger partial charge in [-0.2, -0.15) is 0 Å². The van der Waals surface area contributed by atoms with E-state index in [0.29, 0.717) is 5.54 Å². The quantitative estimate of drug-likeness (QED) is 0.636. The van der Waals surface area contributed by atoms with E-state index in [2.05, 4.69) is 43.7 Å². The molecule has 0 spiro atoms. The lowest BCUT2D eigenvalue weighted by Crippen LogP contribution is -2.29. The van der Waals surface area contributed by atoms with E-state index in [1.54, 1.807) is 0 Å². The van der Waals surface area contributed by atoms with Crippen molar-refractivity contribution < 1.29 is 0 Å². The highest BCUT2D eigenvalue weighted by atomic mass is 28.3. The normalized spacial score (nSPS) is 14.3. The lowest BCUT2D eigenvalue weighted by atomic mass is 10.3. The van der Waals surface area contributed by atoms with Crippen LogP contribution in [0.25, 0.3) is 0 Å². The van der Waals surface area contributed by atoms with Crippen LogP contribution in [0.1, 0.15) is 18.2 Å². The third-order valence-corrected chi connectivity index (χ3v) is 5.32. The Morgan fingerprint density at radius 3 is 2.33 bits per heavy atom. The first-order valence-electron chi connectivity index (χ1n) is 4.43. The first kappa shape index (κ1) is 9.45. The molecule has 0 aliphatic heterocycles. The van der Waals surface area contributed by atoms with Gasteiger partial charge in [0.2, 0.25) is 0 Å². The predicted molar refractivity (Wildman–Crippen MR) is 56.0 cm³/mol. The summed E-state index contributed by atoms with van der Waals surface area (Å²) in [6, 6.07) is 6.17. The Labute approximate surface area is 75.9 Å². The summed E-state index contributed by atoms with van der Waals surface area (Å²) in [4.78, 5) is 4.38. The van der Waals surface area contributed by atoms with Gasteiger partial charge in [-0.05, 0) is 17.7 Å². The molecule has 1 aromatic rings. The van der Waals surface area contributed by atoms with Crippen LogP contribution in [0.3, 0.4) is 0 Å². The molecule has 1 rings (SSSR count). The van der Waals surface area contributed by atoms with Crippen molar-refractivity contribution in [2.45, 2.75) is 32.1 Å². The molecule has 0 aliphatic rings. The topological polar surface area (TPSA) is 12.9 Å². The van der Waals surface area contributed by atoms with Gasteiger partial charge >= 0.3 is 0 Å². The average molecular weight is 179 g/mol. The zero-order valence-electron chi connectivity index (χ0n) is 8.33. The van der Waals surface area contributed by atoms with Crippen LogP contribution in [0.5, 0.6) is 0 Å². The van der Waals surface area contributed by atoms with E-state index in [4.69, 9.17) is 0 Å². The molecular weight excluding hydrogens is 162 g/mol. The second kappa shape index (κ2) is 3.40. The van der Waals surface area contributed by atoms with Crippen LogP contribution in [-0.4, -0.2) is 13.1 Å². The first-order valence-corrected chi connectivity index (χ1v) is 8.00. The van der Waals surface area contributed by atoms with Crippen molar-refractivity contribution in [3.05, 3.63) is 30.1 Å². The van der Waals surface area contributed by atoms with Gasteiger partial charge in [0.15, 0.2) is 0 Å². The number of aromatic nitrogens is 1. The van der Waals surface area contributed by atoms with Crippen LogP contribution >= 0.6 is 0 Å². The fourth-order valence-corrected chi connectivity index (χ4v) is 2.13. The standard InChI is InChI=1S/C10H17NSi/c1-9(12(2,3)4)10-7-5-6-8-11-10/h5-9H,1-4H3. The largest absolute Gasteiger partial charge is 0.261 e. The van der Waals surface area contributed by atoms with Crippen molar-refractivity contribution in [3.8, 4) is 0 Å². The van der Waals surface area contributed by atoms with Gasteiger partial charge in [-0.15, -0.1) is 0 Å². The second-order valence-electron chi connectivity index (χ2n) is 4.34. The van der Waals surface area contributed by atoms with Crippen LogP contribution in [0.2, 0.25) is 19.6 Å². The van der Waals surface area contributed by atoms with Gasteiger partial charge in [-0.3, -0.25) is 4.98 Å². The smallest absolute Gasteiger partial charge is 0.0538 e. The van der Waals surface area contributed by atoms with Gasteiger partial charge in [0.1, 0.15) is 0 Å².